The van der Waals surface area contributed by atoms with Gasteiger partial charge in [-0.3, -0.25) is 9.59 Å². The van der Waals surface area contributed by atoms with Gasteiger partial charge in [-0.15, -0.1) is 0 Å². The number of ether oxygens (including phenoxy) is 2. The van der Waals surface area contributed by atoms with Gasteiger partial charge in [-0.2, -0.15) is 0 Å². The summed E-state index contributed by atoms with van der Waals surface area (Å²) in [7, 11) is 0. The van der Waals surface area contributed by atoms with E-state index in [4.69, 9.17) is 9.47 Å². The van der Waals surface area contributed by atoms with E-state index in [1.165, 1.54) is 11.3 Å². The maximum atomic E-state index is 12.8. The molecule has 136 valence electrons. The number of hydrogen-bond donors (Lipinski definition) is 1. The maximum absolute atomic E-state index is 12.8. The Bertz CT molecular complexity index is 791. The molecule has 0 aliphatic carbocycles. The third-order valence-electron chi connectivity index (χ3n) is 4.51. The SMILES string of the molecule is O=C(NC1CCN(C(=O)c2cccc(Oc3nccs3)c2)C1)C1CCO1. The summed E-state index contributed by atoms with van der Waals surface area (Å²) in [5.74, 6) is 0.442. The van der Waals surface area contributed by atoms with E-state index in [1.807, 2.05) is 5.38 Å². The van der Waals surface area contributed by atoms with Crippen molar-refractivity contribution in [3.8, 4) is 10.9 Å². The average Bonchev–Trinajstić information content (AvgIpc) is 3.25. The molecule has 2 aliphatic heterocycles. The Morgan fingerprint density at radius 2 is 2.23 bits per heavy atom. The molecular formula is C18H19N3O4S. The van der Waals surface area contributed by atoms with E-state index in [1.54, 1.807) is 35.4 Å². The highest BCUT2D eigenvalue weighted by molar-refractivity contribution is 7.11. The second-order valence-electron chi connectivity index (χ2n) is 6.32. The van der Waals surface area contributed by atoms with Crippen LogP contribution in [-0.2, 0) is 9.53 Å². The molecule has 0 spiro atoms. The van der Waals surface area contributed by atoms with E-state index in [-0.39, 0.29) is 24.0 Å². The zero-order chi connectivity index (χ0) is 17.9. The lowest BCUT2D eigenvalue weighted by atomic mass is 10.1. The van der Waals surface area contributed by atoms with Gasteiger partial charge in [0.1, 0.15) is 11.9 Å². The van der Waals surface area contributed by atoms with Crippen LogP contribution in [0.25, 0.3) is 0 Å². The van der Waals surface area contributed by atoms with Gasteiger partial charge in [0.15, 0.2) is 0 Å². The van der Waals surface area contributed by atoms with Gasteiger partial charge in [0.2, 0.25) is 5.91 Å². The van der Waals surface area contributed by atoms with Crippen LogP contribution >= 0.6 is 11.3 Å². The lowest BCUT2D eigenvalue weighted by Crippen LogP contribution is -2.47. The second kappa shape index (κ2) is 7.43. The Morgan fingerprint density at radius 1 is 1.35 bits per heavy atom. The van der Waals surface area contributed by atoms with Crippen molar-refractivity contribution in [1.29, 1.82) is 0 Å². The predicted molar refractivity (Wildman–Crippen MR) is 95.4 cm³/mol. The number of aromatic nitrogens is 1. The number of rotatable bonds is 5. The summed E-state index contributed by atoms with van der Waals surface area (Å²) >= 11 is 1.39. The number of thiazole rings is 1. The second-order valence-corrected chi connectivity index (χ2v) is 7.18. The van der Waals surface area contributed by atoms with Crippen LogP contribution in [0.15, 0.2) is 35.8 Å². The molecule has 1 aromatic carbocycles. The fourth-order valence-electron chi connectivity index (χ4n) is 3.04. The van der Waals surface area contributed by atoms with Gasteiger partial charge in [0, 0.05) is 42.7 Å². The van der Waals surface area contributed by atoms with Crippen molar-refractivity contribution in [1.82, 2.24) is 15.2 Å². The summed E-state index contributed by atoms with van der Waals surface area (Å²) in [5.41, 5.74) is 0.563. The van der Waals surface area contributed by atoms with Crippen molar-refractivity contribution in [3.63, 3.8) is 0 Å². The van der Waals surface area contributed by atoms with Crippen LogP contribution in [0.4, 0.5) is 0 Å². The minimum Gasteiger partial charge on any atom is -0.431 e. The predicted octanol–water partition coefficient (Wildman–Crippen LogP) is 2.05. The van der Waals surface area contributed by atoms with E-state index in [0.29, 0.717) is 36.2 Å². The van der Waals surface area contributed by atoms with Crippen molar-refractivity contribution >= 4 is 23.2 Å². The van der Waals surface area contributed by atoms with Gasteiger partial charge in [-0.05, 0) is 24.6 Å². The summed E-state index contributed by atoms with van der Waals surface area (Å²) in [6, 6.07) is 7.05. The highest BCUT2D eigenvalue weighted by Gasteiger charge is 2.32. The third kappa shape index (κ3) is 3.71. The number of amides is 2. The molecule has 2 aromatic rings. The Labute approximate surface area is 154 Å². The fraction of sp³-hybridized carbons (Fsp3) is 0.389. The lowest BCUT2D eigenvalue weighted by molar-refractivity contribution is -0.145. The molecule has 7 nitrogen and oxygen atoms in total. The van der Waals surface area contributed by atoms with Crippen LogP contribution in [0.2, 0.25) is 0 Å². The molecule has 8 heteroatoms. The molecular weight excluding hydrogens is 354 g/mol. The summed E-state index contributed by atoms with van der Waals surface area (Å²) in [6.45, 7) is 1.77. The summed E-state index contributed by atoms with van der Waals surface area (Å²) in [4.78, 5) is 30.6. The monoisotopic (exact) mass is 373 g/mol. The molecule has 2 amide bonds. The first-order valence-electron chi connectivity index (χ1n) is 8.58. The third-order valence-corrected chi connectivity index (χ3v) is 5.16. The molecule has 4 rings (SSSR count). The Morgan fingerprint density at radius 3 is 2.96 bits per heavy atom. The van der Waals surface area contributed by atoms with Crippen molar-refractivity contribution in [2.24, 2.45) is 0 Å². The first kappa shape index (κ1) is 17.0. The first-order chi connectivity index (χ1) is 12.7. The number of hydrogen-bond acceptors (Lipinski definition) is 6. The maximum Gasteiger partial charge on any atom is 0.278 e. The molecule has 2 atom stereocenters. The molecule has 2 fully saturated rings. The van der Waals surface area contributed by atoms with Gasteiger partial charge < -0.3 is 19.7 Å². The highest BCUT2D eigenvalue weighted by Crippen LogP contribution is 2.25. The van der Waals surface area contributed by atoms with Crippen LogP contribution < -0.4 is 10.1 Å². The number of benzene rings is 1. The van der Waals surface area contributed by atoms with Crippen molar-refractivity contribution in [3.05, 3.63) is 41.4 Å². The largest absolute Gasteiger partial charge is 0.431 e. The molecule has 1 aromatic heterocycles. The standard InChI is InChI=1S/C18H19N3O4S/c22-16(15-5-8-24-15)20-13-4-7-21(11-13)17(23)12-2-1-3-14(10-12)25-18-19-6-9-26-18/h1-3,6,9-10,13,15H,4-5,7-8,11H2,(H,20,22). The smallest absolute Gasteiger partial charge is 0.278 e. The summed E-state index contributed by atoms with van der Waals surface area (Å²) < 4.78 is 10.8. The molecule has 2 unspecified atom stereocenters. The molecule has 0 bridgehead atoms. The summed E-state index contributed by atoms with van der Waals surface area (Å²) in [5, 5.41) is 5.34. The normalized spacial score (nSPS) is 21.9. The van der Waals surface area contributed by atoms with Crippen LogP contribution in [0, 0.1) is 0 Å². The topological polar surface area (TPSA) is 80.8 Å². The highest BCUT2D eigenvalue weighted by atomic mass is 32.1. The molecule has 3 heterocycles. The van der Waals surface area contributed by atoms with Crippen molar-refractivity contribution in [2.75, 3.05) is 19.7 Å². The van der Waals surface area contributed by atoms with E-state index < -0.39 is 0 Å². The Balaban J connectivity index is 1.36. The van der Waals surface area contributed by atoms with Crippen LogP contribution in [-0.4, -0.2) is 53.5 Å². The number of nitrogens with one attached hydrogen (secondary N) is 1. The van der Waals surface area contributed by atoms with E-state index in [9.17, 15) is 9.59 Å². The number of nitrogens with zero attached hydrogens (tertiary/aromatic N) is 2. The number of carbonyl (C=O) groups is 2. The molecule has 0 radical (unpaired) electrons. The average molecular weight is 373 g/mol. The fourth-order valence-corrected chi connectivity index (χ4v) is 3.54. The number of carbonyl (C=O) groups excluding carboxylic acids is 2. The number of likely N-dealkylation sites (tertiary alicyclic amines) is 1. The summed E-state index contributed by atoms with van der Waals surface area (Å²) in [6.07, 6.45) is 2.87. The van der Waals surface area contributed by atoms with Gasteiger partial charge in [-0.1, -0.05) is 17.4 Å². The van der Waals surface area contributed by atoms with Crippen molar-refractivity contribution < 1.29 is 19.1 Å². The van der Waals surface area contributed by atoms with E-state index >= 15 is 0 Å². The zero-order valence-corrected chi connectivity index (χ0v) is 14.9. The first-order valence-corrected chi connectivity index (χ1v) is 9.46. The van der Waals surface area contributed by atoms with Crippen molar-refractivity contribution in [2.45, 2.75) is 25.0 Å². The van der Waals surface area contributed by atoms with Crippen LogP contribution in [0.1, 0.15) is 23.2 Å². The molecule has 1 N–H and O–H groups in total. The van der Waals surface area contributed by atoms with E-state index in [2.05, 4.69) is 10.3 Å². The zero-order valence-electron chi connectivity index (χ0n) is 14.1. The van der Waals surface area contributed by atoms with Crippen LogP contribution in [0.5, 0.6) is 10.9 Å². The van der Waals surface area contributed by atoms with Crippen LogP contribution in [0.3, 0.4) is 0 Å². The molecule has 26 heavy (non-hydrogen) atoms. The molecule has 0 saturated carbocycles. The van der Waals surface area contributed by atoms with Gasteiger partial charge in [0.25, 0.3) is 11.1 Å². The van der Waals surface area contributed by atoms with Gasteiger partial charge in [0.05, 0.1) is 6.61 Å². The lowest BCUT2D eigenvalue weighted by Gasteiger charge is -2.26. The van der Waals surface area contributed by atoms with E-state index in [0.717, 1.165) is 12.8 Å². The minimum atomic E-state index is -0.320. The van der Waals surface area contributed by atoms with Gasteiger partial charge >= 0.3 is 0 Å². The Kier molecular flexibility index (Phi) is 4.85. The van der Waals surface area contributed by atoms with Gasteiger partial charge in [-0.25, -0.2) is 4.98 Å². The molecule has 2 saturated heterocycles. The minimum absolute atomic E-state index is 0.0228. The quantitative estimate of drug-likeness (QED) is 0.868. The molecule has 2 aliphatic rings. The Hall–Kier alpha value is -2.45.